The molecule has 1 nitrogen and oxygen atoms in total. The van der Waals surface area contributed by atoms with Crippen LogP contribution in [-0.2, 0) is 11.6 Å². The lowest BCUT2D eigenvalue weighted by molar-refractivity contribution is -0.134. The molecule has 5 heteroatoms. The smallest absolute Gasteiger partial charge is 0.324 e. The van der Waals surface area contributed by atoms with Crippen molar-refractivity contribution in [2.45, 2.75) is 42.8 Å². The van der Waals surface area contributed by atoms with E-state index in [2.05, 4.69) is 0 Å². The van der Waals surface area contributed by atoms with E-state index in [0.29, 0.717) is 0 Å². The molecule has 0 aromatic carbocycles. The number of rotatable bonds is 2. The number of halogens is 3. The van der Waals surface area contributed by atoms with Crippen molar-refractivity contribution < 1.29 is 13.2 Å². The molecule has 2 fully saturated rings. The molecule has 0 saturated heterocycles. The van der Waals surface area contributed by atoms with Crippen LogP contribution in [0.15, 0.2) is 12.1 Å². The van der Waals surface area contributed by atoms with Crippen molar-refractivity contribution in [1.29, 1.82) is 0 Å². The summed E-state index contributed by atoms with van der Waals surface area (Å²) in [6.07, 6.45) is -0.425. The normalized spacial score (nSPS) is 25.5. The first-order valence-electron chi connectivity index (χ1n) is 5.34. The quantitative estimate of drug-likeness (QED) is 0.852. The Balaban J connectivity index is 1.94. The molecular weight excluding hydrogens is 235 g/mol. The largest absolute Gasteiger partial charge is 0.425 e. The second-order valence-electron chi connectivity index (χ2n) is 4.90. The highest BCUT2D eigenvalue weighted by Crippen LogP contribution is 2.65. The first kappa shape index (κ1) is 10.6. The van der Waals surface area contributed by atoms with E-state index in [-0.39, 0.29) is 11.0 Å². The minimum absolute atomic E-state index is 0.124. The maximum Gasteiger partial charge on any atom is 0.425 e. The van der Waals surface area contributed by atoms with Crippen LogP contribution in [0.5, 0.6) is 0 Å². The third kappa shape index (κ3) is 1.34. The van der Waals surface area contributed by atoms with E-state index < -0.39 is 11.1 Å². The molecule has 2 saturated carbocycles. The van der Waals surface area contributed by atoms with Crippen molar-refractivity contribution >= 4 is 11.3 Å². The topological polar surface area (TPSA) is 26.0 Å². The van der Waals surface area contributed by atoms with E-state index in [0.717, 1.165) is 41.9 Å². The van der Waals surface area contributed by atoms with Gasteiger partial charge >= 0.3 is 6.18 Å². The summed E-state index contributed by atoms with van der Waals surface area (Å²) in [6.45, 7) is 0. The molecule has 0 atom stereocenters. The lowest BCUT2D eigenvalue weighted by Gasteiger charge is -2.21. The third-order valence-corrected chi connectivity index (χ3v) is 5.18. The van der Waals surface area contributed by atoms with Crippen LogP contribution in [0.25, 0.3) is 0 Å². The second kappa shape index (κ2) is 2.82. The predicted molar refractivity (Wildman–Crippen MR) is 56.4 cm³/mol. The third-order valence-electron chi connectivity index (χ3n) is 3.85. The Labute approximate surface area is 95.5 Å². The first-order valence-corrected chi connectivity index (χ1v) is 6.16. The average Bonchev–Trinajstić information content (AvgIpc) is 3.07. The van der Waals surface area contributed by atoms with Crippen molar-refractivity contribution in [2.75, 3.05) is 0 Å². The van der Waals surface area contributed by atoms with Crippen LogP contribution in [0, 0.1) is 0 Å². The SMILES string of the molecule is NC1(C2(c3ccc(C(F)(F)F)s3)CC2)CC1. The number of thiophene rings is 1. The molecule has 3 rings (SSSR count). The summed E-state index contributed by atoms with van der Waals surface area (Å²) in [5, 5.41) is 0. The molecule has 0 bridgehead atoms. The first-order chi connectivity index (χ1) is 7.37. The molecule has 1 aromatic rings. The molecule has 0 aliphatic heterocycles. The van der Waals surface area contributed by atoms with Gasteiger partial charge in [0, 0.05) is 15.8 Å². The fourth-order valence-electron chi connectivity index (χ4n) is 2.48. The lowest BCUT2D eigenvalue weighted by Crippen LogP contribution is -2.36. The Morgan fingerprint density at radius 2 is 1.75 bits per heavy atom. The average molecular weight is 247 g/mol. The van der Waals surface area contributed by atoms with Gasteiger partial charge < -0.3 is 5.73 Å². The minimum Gasteiger partial charge on any atom is -0.324 e. The molecule has 16 heavy (non-hydrogen) atoms. The van der Waals surface area contributed by atoms with E-state index in [1.54, 1.807) is 6.07 Å². The molecule has 0 amide bonds. The molecule has 2 aliphatic carbocycles. The molecule has 1 aromatic heterocycles. The Kier molecular flexibility index (Phi) is 1.87. The monoisotopic (exact) mass is 247 g/mol. The van der Waals surface area contributed by atoms with E-state index in [9.17, 15) is 13.2 Å². The van der Waals surface area contributed by atoms with Gasteiger partial charge in [-0.1, -0.05) is 0 Å². The van der Waals surface area contributed by atoms with Crippen LogP contribution < -0.4 is 5.73 Å². The Hall–Kier alpha value is -0.550. The lowest BCUT2D eigenvalue weighted by atomic mass is 9.93. The fourth-order valence-corrected chi connectivity index (χ4v) is 3.70. The van der Waals surface area contributed by atoms with E-state index in [4.69, 9.17) is 5.73 Å². The molecule has 0 radical (unpaired) electrons. The van der Waals surface area contributed by atoms with Gasteiger partial charge in [0.1, 0.15) is 4.88 Å². The van der Waals surface area contributed by atoms with Crippen LogP contribution in [-0.4, -0.2) is 5.54 Å². The Morgan fingerprint density at radius 3 is 2.12 bits per heavy atom. The van der Waals surface area contributed by atoms with E-state index in [1.807, 2.05) is 0 Å². The summed E-state index contributed by atoms with van der Waals surface area (Å²) in [4.78, 5) is 0.331. The van der Waals surface area contributed by atoms with Gasteiger partial charge in [-0.05, 0) is 37.8 Å². The zero-order valence-electron chi connectivity index (χ0n) is 8.60. The van der Waals surface area contributed by atoms with Gasteiger partial charge in [0.2, 0.25) is 0 Å². The summed E-state index contributed by atoms with van der Waals surface area (Å²) >= 11 is 0.871. The van der Waals surface area contributed by atoms with E-state index in [1.165, 1.54) is 6.07 Å². The van der Waals surface area contributed by atoms with Crippen molar-refractivity contribution in [2.24, 2.45) is 5.73 Å². The summed E-state index contributed by atoms with van der Waals surface area (Å²) in [5.41, 5.74) is 5.83. The summed E-state index contributed by atoms with van der Waals surface area (Å²) in [6, 6.07) is 2.80. The molecule has 1 heterocycles. The van der Waals surface area contributed by atoms with Crippen molar-refractivity contribution in [3.8, 4) is 0 Å². The Bertz CT molecular complexity index is 427. The van der Waals surface area contributed by atoms with Gasteiger partial charge in [0.05, 0.1) is 0 Å². The summed E-state index contributed by atoms with van der Waals surface area (Å²) < 4.78 is 37.5. The number of alkyl halides is 3. The van der Waals surface area contributed by atoms with Crippen LogP contribution in [0.3, 0.4) is 0 Å². The van der Waals surface area contributed by atoms with Crippen LogP contribution in [0.2, 0.25) is 0 Å². The van der Waals surface area contributed by atoms with Gasteiger partial charge in [0.15, 0.2) is 0 Å². The molecule has 88 valence electrons. The number of nitrogens with two attached hydrogens (primary N) is 1. The van der Waals surface area contributed by atoms with Crippen molar-refractivity contribution in [1.82, 2.24) is 0 Å². The molecule has 2 N–H and O–H groups in total. The predicted octanol–water partition coefficient (Wildman–Crippen LogP) is 3.29. The second-order valence-corrected chi connectivity index (χ2v) is 5.98. The standard InChI is InChI=1S/C11H12F3NS/c12-11(13,14)8-2-1-7(16-8)9(3-4-9)10(15)5-6-10/h1-2H,3-6,15H2. The van der Waals surface area contributed by atoms with Gasteiger partial charge in [-0.25, -0.2) is 0 Å². The van der Waals surface area contributed by atoms with Crippen molar-refractivity contribution in [3.05, 3.63) is 21.9 Å². The maximum absolute atomic E-state index is 12.5. The molecule has 0 unspecified atom stereocenters. The van der Waals surface area contributed by atoms with Gasteiger partial charge in [-0.2, -0.15) is 13.2 Å². The number of hydrogen-bond acceptors (Lipinski definition) is 2. The van der Waals surface area contributed by atoms with Crippen LogP contribution >= 0.6 is 11.3 Å². The van der Waals surface area contributed by atoms with Crippen molar-refractivity contribution in [3.63, 3.8) is 0 Å². The molecular formula is C11H12F3NS. The fraction of sp³-hybridized carbons (Fsp3) is 0.636. The van der Waals surface area contributed by atoms with Gasteiger partial charge in [-0.3, -0.25) is 0 Å². The summed E-state index contributed by atoms with van der Waals surface area (Å²) in [5.74, 6) is 0. The highest BCUT2D eigenvalue weighted by Gasteiger charge is 2.64. The maximum atomic E-state index is 12.5. The van der Waals surface area contributed by atoms with Crippen LogP contribution in [0.4, 0.5) is 13.2 Å². The minimum atomic E-state index is -4.22. The van der Waals surface area contributed by atoms with Crippen LogP contribution in [0.1, 0.15) is 35.4 Å². The van der Waals surface area contributed by atoms with Gasteiger partial charge in [-0.15, -0.1) is 11.3 Å². The molecule has 2 aliphatic rings. The Morgan fingerprint density at radius 1 is 1.12 bits per heavy atom. The van der Waals surface area contributed by atoms with E-state index >= 15 is 0 Å². The molecule has 0 spiro atoms. The highest BCUT2D eigenvalue weighted by atomic mass is 32.1. The zero-order chi connectivity index (χ0) is 11.6. The highest BCUT2D eigenvalue weighted by molar-refractivity contribution is 7.12. The number of hydrogen-bond donors (Lipinski definition) is 1. The summed E-state index contributed by atoms with van der Waals surface area (Å²) in [7, 11) is 0. The van der Waals surface area contributed by atoms with Gasteiger partial charge in [0.25, 0.3) is 0 Å². The zero-order valence-corrected chi connectivity index (χ0v) is 9.42.